The molecule has 0 bridgehead atoms. The number of rotatable bonds is 6. The third-order valence-electron chi connectivity index (χ3n) is 3.66. The summed E-state index contributed by atoms with van der Waals surface area (Å²) in [5.74, 6) is 0. The Labute approximate surface area is 122 Å². The first-order chi connectivity index (χ1) is 9.95. The van der Waals surface area contributed by atoms with E-state index < -0.39 is 17.8 Å². The van der Waals surface area contributed by atoms with Crippen molar-refractivity contribution < 1.29 is 18.3 Å². The van der Waals surface area contributed by atoms with Gasteiger partial charge in [-0.05, 0) is 43.6 Å². The van der Waals surface area contributed by atoms with E-state index in [0.717, 1.165) is 30.8 Å². The molecule has 1 aromatic rings. The molecule has 118 valence electrons. The van der Waals surface area contributed by atoms with Crippen molar-refractivity contribution in [3.63, 3.8) is 0 Å². The molecular weight excluding hydrogens is 281 g/mol. The monoisotopic (exact) mass is 302 g/mol. The Morgan fingerprint density at radius 3 is 2.33 bits per heavy atom. The lowest BCUT2D eigenvalue weighted by Gasteiger charge is -2.19. The Bertz CT molecular complexity index is 428. The van der Waals surface area contributed by atoms with Crippen LogP contribution in [0.25, 0.3) is 0 Å². The molecule has 0 aliphatic carbocycles. The maximum atomic E-state index is 12.4. The molecule has 1 atom stereocenters. The molecule has 0 amide bonds. The summed E-state index contributed by atoms with van der Waals surface area (Å²) in [5, 5.41) is 13.0. The molecule has 0 radical (unpaired) electrons. The standard InChI is InChI=1S/C15H21F3N2O/c16-15(17,18)13-5-3-12(4-6-13)9-19-10-14(21)11-20-7-1-2-8-20/h3-6,14,19,21H,1-2,7-11H2. The fraction of sp³-hybridized carbons (Fsp3) is 0.600. The topological polar surface area (TPSA) is 35.5 Å². The van der Waals surface area contributed by atoms with Gasteiger partial charge in [0.1, 0.15) is 0 Å². The van der Waals surface area contributed by atoms with E-state index in [1.807, 2.05) is 0 Å². The summed E-state index contributed by atoms with van der Waals surface area (Å²) in [4.78, 5) is 2.23. The summed E-state index contributed by atoms with van der Waals surface area (Å²) >= 11 is 0. The lowest BCUT2D eigenvalue weighted by Crippen LogP contribution is -2.36. The summed E-state index contributed by atoms with van der Waals surface area (Å²) in [7, 11) is 0. The van der Waals surface area contributed by atoms with Crippen LogP contribution in [0.3, 0.4) is 0 Å². The molecule has 1 aliphatic rings. The minimum absolute atomic E-state index is 0.442. The first-order valence-electron chi connectivity index (χ1n) is 7.22. The van der Waals surface area contributed by atoms with Gasteiger partial charge in [0.05, 0.1) is 11.7 Å². The maximum absolute atomic E-state index is 12.4. The Balaban J connectivity index is 1.70. The van der Waals surface area contributed by atoms with Crippen LogP contribution in [0.2, 0.25) is 0 Å². The molecular formula is C15H21F3N2O. The molecule has 6 heteroatoms. The smallest absolute Gasteiger partial charge is 0.390 e. The van der Waals surface area contributed by atoms with Gasteiger partial charge in [0.15, 0.2) is 0 Å². The Hall–Kier alpha value is -1.11. The van der Waals surface area contributed by atoms with Crippen LogP contribution in [0.4, 0.5) is 13.2 Å². The Morgan fingerprint density at radius 2 is 1.76 bits per heavy atom. The highest BCUT2D eigenvalue weighted by Gasteiger charge is 2.29. The molecule has 2 rings (SSSR count). The summed E-state index contributed by atoms with van der Waals surface area (Å²) in [6.45, 7) is 3.62. The normalized spacial score (nSPS) is 18.1. The molecule has 1 fully saturated rings. The first kappa shape index (κ1) is 16.3. The van der Waals surface area contributed by atoms with Gasteiger partial charge in [0.2, 0.25) is 0 Å². The van der Waals surface area contributed by atoms with Gasteiger partial charge in [-0.15, -0.1) is 0 Å². The number of halogens is 3. The third-order valence-corrected chi connectivity index (χ3v) is 3.66. The second kappa shape index (κ2) is 7.24. The van der Waals surface area contributed by atoms with Gasteiger partial charge in [0, 0.05) is 19.6 Å². The van der Waals surface area contributed by atoms with Gasteiger partial charge in [0.25, 0.3) is 0 Å². The molecule has 1 aromatic carbocycles. The first-order valence-corrected chi connectivity index (χ1v) is 7.22. The predicted octanol–water partition coefficient (Wildman–Crippen LogP) is 2.25. The number of hydrogen-bond acceptors (Lipinski definition) is 3. The molecule has 3 nitrogen and oxygen atoms in total. The minimum Gasteiger partial charge on any atom is -0.390 e. The van der Waals surface area contributed by atoms with Crippen LogP contribution in [0.15, 0.2) is 24.3 Å². The van der Waals surface area contributed by atoms with E-state index in [0.29, 0.717) is 19.6 Å². The summed E-state index contributed by atoms with van der Waals surface area (Å²) in [6, 6.07) is 5.08. The fourth-order valence-electron chi connectivity index (χ4n) is 2.52. The van der Waals surface area contributed by atoms with Crippen LogP contribution in [0.5, 0.6) is 0 Å². The van der Waals surface area contributed by atoms with Gasteiger partial charge in [-0.2, -0.15) is 13.2 Å². The highest BCUT2D eigenvalue weighted by molar-refractivity contribution is 5.24. The van der Waals surface area contributed by atoms with Crippen molar-refractivity contribution in [1.82, 2.24) is 10.2 Å². The van der Waals surface area contributed by atoms with E-state index in [1.165, 1.54) is 25.0 Å². The second-order valence-corrected chi connectivity index (χ2v) is 5.49. The number of benzene rings is 1. The molecule has 2 N–H and O–H groups in total. The second-order valence-electron chi connectivity index (χ2n) is 5.49. The van der Waals surface area contributed by atoms with E-state index >= 15 is 0 Å². The minimum atomic E-state index is -4.29. The molecule has 1 unspecified atom stereocenters. The van der Waals surface area contributed by atoms with Gasteiger partial charge in [-0.3, -0.25) is 0 Å². The number of aliphatic hydroxyl groups excluding tert-OH is 1. The van der Waals surface area contributed by atoms with E-state index in [4.69, 9.17) is 0 Å². The number of β-amino-alcohol motifs (C(OH)–C–C–N with tert-alkyl or cyclic N) is 1. The molecule has 0 saturated carbocycles. The van der Waals surface area contributed by atoms with Crippen molar-refractivity contribution >= 4 is 0 Å². The number of nitrogens with one attached hydrogen (secondary N) is 1. The van der Waals surface area contributed by atoms with Crippen molar-refractivity contribution in [3.05, 3.63) is 35.4 Å². The zero-order chi connectivity index (χ0) is 15.3. The Kier molecular flexibility index (Phi) is 5.61. The van der Waals surface area contributed by atoms with Crippen LogP contribution in [0, 0.1) is 0 Å². The number of likely N-dealkylation sites (tertiary alicyclic amines) is 1. The largest absolute Gasteiger partial charge is 0.416 e. The average molecular weight is 302 g/mol. The summed E-state index contributed by atoms with van der Waals surface area (Å²) in [5.41, 5.74) is 0.136. The quantitative estimate of drug-likeness (QED) is 0.846. The summed E-state index contributed by atoms with van der Waals surface area (Å²) < 4.78 is 37.3. The van der Waals surface area contributed by atoms with Crippen LogP contribution >= 0.6 is 0 Å². The molecule has 21 heavy (non-hydrogen) atoms. The fourth-order valence-corrected chi connectivity index (χ4v) is 2.52. The molecule has 1 saturated heterocycles. The van der Waals surface area contributed by atoms with Gasteiger partial charge in [-0.25, -0.2) is 0 Å². The molecule has 0 aromatic heterocycles. The van der Waals surface area contributed by atoms with E-state index in [2.05, 4.69) is 10.2 Å². The van der Waals surface area contributed by atoms with E-state index in [1.54, 1.807) is 0 Å². The van der Waals surface area contributed by atoms with Gasteiger partial charge >= 0.3 is 6.18 Å². The van der Waals surface area contributed by atoms with E-state index in [9.17, 15) is 18.3 Å². The number of aliphatic hydroxyl groups is 1. The highest BCUT2D eigenvalue weighted by Crippen LogP contribution is 2.28. The van der Waals surface area contributed by atoms with E-state index in [-0.39, 0.29) is 0 Å². The highest BCUT2D eigenvalue weighted by atomic mass is 19.4. The number of nitrogens with zero attached hydrogens (tertiary/aromatic N) is 1. The number of hydrogen-bond donors (Lipinski definition) is 2. The molecule has 1 aliphatic heterocycles. The van der Waals surface area contributed by atoms with Crippen molar-refractivity contribution in [2.24, 2.45) is 0 Å². The van der Waals surface area contributed by atoms with Gasteiger partial charge < -0.3 is 15.3 Å². The van der Waals surface area contributed by atoms with Crippen LogP contribution in [-0.2, 0) is 12.7 Å². The van der Waals surface area contributed by atoms with Crippen LogP contribution in [-0.4, -0.2) is 42.3 Å². The number of alkyl halides is 3. The predicted molar refractivity (Wildman–Crippen MR) is 74.8 cm³/mol. The Morgan fingerprint density at radius 1 is 1.14 bits per heavy atom. The third kappa shape index (κ3) is 5.30. The molecule has 1 heterocycles. The van der Waals surface area contributed by atoms with Crippen molar-refractivity contribution in [2.45, 2.75) is 31.7 Å². The zero-order valence-electron chi connectivity index (χ0n) is 11.9. The van der Waals surface area contributed by atoms with Crippen molar-refractivity contribution in [2.75, 3.05) is 26.2 Å². The average Bonchev–Trinajstić information content (AvgIpc) is 2.91. The van der Waals surface area contributed by atoms with Gasteiger partial charge in [-0.1, -0.05) is 12.1 Å². The van der Waals surface area contributed by atoms with Crippen molar-refractivity contribution in [3.8, 4) is 0 Å². The lowest BCUT2D eigenvalue weighted by atomic mass is 10.1. The zero-order valence-corrected chi connectivity index (χ0v) is 11.9. The van der Waals surface area contributed by atoms with Crippen LogP contribution in [0.1, 0.15) is 24.0 Å². The van der Waals surface area contributed by atoms with Crippen LogP contribution < -0.4 is 5.32 Å². The van der Waals surface area contributed by atoms with Crippen molar-refractivity contribution in [1.29, 1.82) is 0 Å². The maximum Gasteiger partial charge on any atom is 0.416 e. The lowest BCUT2D eigenvalue weighted by molar-refractivity contribution is -0.137. The SMILES string of the molecule is OC(CNCc1ccc(C(F)(F)F)cc1)CN1CCCC1. The molecule has 0 spiro atoms. The summed E-state index contributed by atoms with van der Waals surface area (Å²) in [6.07, 6.45) is -2.37.